The van der Waals surface area contributed by atoms with Gasteiger partial charge >= 0.3 is 0 Å². The van der Waals surface area contributed by atoms with Crippen molar-refractivity contribution in [2.45, 2.75) is 33.5 Å². The molecule has 0 aliphatic rings. The molecule has 0 radical (unpaired) electrons. The number of nitrogens with one attached hydrogen (secondary N) is 2. The molecule has 0 saturated heterocycles. The molecule has 33 heavy (non-hydrogen) atoms. The fourth-order valence-electron chi connectivity index (χ4n) is 3.50. The van der Waals surface area contributed by atoms with E-state index in [0.29, 0.717) is 31.7 Å². The van der Waals surface area contributed by atoms with E-state index < -0.39 is 0 Å². The van der Waals surface area contributed by atoms with Gasteiger partial charge in [-0.3, -0.25) is 14.5 Å². The summed E-state index contributed by atoms with van der Waals surface area (Å²) in [6.07, 6.45) is 3.75. The van der Waals surface area contributed by atoms with Crippen LogP contribution in [0.5, 0.6) is 0 Å². The highest BCUT2D eigenvalue weighted by Gasteiger charge is 2.12. The van der Waals surface area contributed by atoms with Crippen molar-refractivity contribution in [2.24, 2.45) is 4.99 Å². The molecule has 0 saturated carbocycles. The molecular formula is C25H33IN6O. The number of amides is 1. The maximum atomic E-state index is 12.5. The summed E-state index contributed by atoms with van der Waals surface area (Å²) in [6.45, 7) is 7.43. The summed E-state index contributed by atoms with van der Waals surface area (Å²) < 4.78 is 1.92. The Labute approximate surface area is 213 Å². The van der Waals surface area contributed by atoms with Gasteiger partial charge < -0.3 is 15.5 Å². The standard InChI is InChI=1S/C25H32N6O.HI/c1-4-30(5-2)24(32)21-13-11-20(12-14-21)17-27-25(26-3)28-18-22-9-6-7-10-23(22)19-31-16-8-15-29-31;/h6-16H,4-5,17-19H2,1-3H3,(H2,26,27,28);1H. The third kappa shape index (κ3) is 7.59. The summed E-state index contributed by atoms with van der Waals surface area (Å²) in [5, 5.41) is 11.0. The highest BCUT2D eigenvalue weighted by molar-refractivity contribution is 14.0. The van der Waals surface area contributed by atoms with Gasteiger partial charge in [-0.1, -0.05) is 36.4 Å². The van der Waals surface area contributed by atoms with Crippen molar-refractivity contribution < 1.29 is 4.79 Å². The van der Waals surface area contributed by atoms with Gasteiger partial charge in [-0.05, 0) is 48.7 Å². The number of aliphatic imine (C=N–C) groups is 1. The van der Waals surface area contributed by atoms with Crippen LogP contribution >= 0.6 is 24.0 Å². The lowest BCUT2D eigenvalue weighted by Gasteiger charge is -2.18. The molecule has 2 aromatic carbocycles. The van der Waals surface area contributed by atoms with Crippen molar-refractivity contribution in [3.05, 3.63) is 89.2 Å². The predicted octanol–water partition coefficient (Wildman–Crippen LogP) is 3.90. The topological polar surface area (TPSA) is 74.6 Å². The maximum Gasteiger partial charge on any atom is 0.253 e. The number of carbonyl (C=O) groups excluding carboxylic acids is 1. The summed E-state index contributed by atoms with van der Waals surface area (Å²) in [4.78, 5) is 18.6. The van der Waals surface area contributed by atoms with Crippen molar-refractivity contribution in [1.29, 1.82) is 0 Å². The van der Waals surface area contributed by atoms with E-state index in [1.54, 1.807) is 13.2 Å². The fraction of sp³-hybridized carbons (Fsp3) is 0.320. The van der Waals surface area contributed by atoms with E-state index in [1.807, 2.05) is 72.1 Å². The van der Waals surface area contributed by atoms with Gasteiger partial charge in [-0.15, -0.1) is 24.0 Å². The first-order valence-corrected chi connectivity index (χ1v) is 11.0. The van der Waals surface area contributed by atoms with Crippen LogP contribution in [0.15, 0.2) is 72.0 Å². The monoisotopic (exact) mass is 560 g/mol. The minimum atomic E-state index is 0. The first-order chi connectivity index (χ1) is 15.6. The number of hydrogen-bond acceptors (Lipinski definition) is 3. The number of carbonyl (C=O) groups is 1. The molecule has 1 heterocycles. The Morgan fingerprint density at radius 1 is 0.970 bits per heavy atom. The predicted molar refractivity (Wildman–Crippen MR) is 144 cm³/mol. The zero-order valence-corrected chi connectivity index (χ0v) is 21.8. The van der Waals surface area contributed by atoms with Gasteiger partial charge in [-0.2, -0.15) is 5.10 Å². The van der Waals surface area contributed by atoms with Crippen LogP contribution in [0, 0.1) is 0 Å². The first-order valence-electron chi connectivity index (χ1n) is 11.0. The Kier molecular flexibility index (Phi) is 10.9. The number of rotatable bonds is 9. The summed E-state index contributed by atoms with van der Waals surface area (Å²) in [7, 11) is 1.76. The van der Waals surface area contributed by atoms with Crippen LogP contribution < -0.4 is 10.6 Å². The molecule has 0 atom stereocenters. The molecule has 176 valence electrons. The van der Waals surface area contributed by atoms with Crippen molar-refractivity contribution in [3.8, 4) is 0 Å². The molecule has 8 heteroatoms. The Morgan fingerprint density at radius 2 is 1.64 bits per heavy atom. The third-order valence-electron chi connectivity index (χ3n) is 5.39. The smallest absolute Gasteiger partial charge is 0.253 e. The summed E-state index contributed by atoms with van der Waals surface area (Å²) in [5.41, 5.74) is 4.22. The Morgan fingerprint density at radius 3 is 2.24 bits per heavy atom. The second kappa shape index (κ2) is 13.6. The second-order valence-corrected chi connectivity index (χ2v) is 7.43. The number of guanidine groups is 1. The van der Waals surface area contributed by atoms with Gasteiger partial charge in [0.25, 0.3) is 5.91 Å². The molecule has 2 N–H and O–H groups in total. The fourth-order valence-corrected chi connectivity index (χ4v) is 3.50. The van der Waals surface area contributed by atoms with Crippen LogP contribution in [0.2, 0.25) is 0 Å². The number of halogens is 1. The quantitative estimate of drug-likeness (QED) is 0.237. The van der Waals surface area contributed by atoms with Gasteiger partial charge in [0.1, 0.15) is 0 Å². The van der Waals surface area contributed by atoms with E-state index in [4.69, 9.17) is 0 Å². The third-order valence-corrected chi connectivity index (χ3v) is 5.39. The van der Waals surface area contributed by atoms with Gasteiger partial charge in [-0.25, -0.2) is 0 Å². The molecule has 0 bridgehead atoms. The minimum absolute atomic E-state index is 0. The highest BCUT2D eigenvalue weighted by atomic mass is 127. The molecule has 3 rings (SSSR count). The van der Waals surface area contributed by atoms with Crippen LogP contribution in [0.3, 0.4) is 0 Å². The molecule has 0 unspecified atom stereocenters. The number of nitrogens with zero attached hydrogens (tertiary/aromatic N) is 4. The van der Waals surface area contributed by atoms with Gasteiger partial charge in [0.05, 0.1) is 6.54 Å². The average Bonchev–Trinajstić information content (AvgIpc) is 3.34. The molecule has 0 spiro atoms. The van der Waals surface area contributed by atoms with Crippen molar-refractivity contribution in [2.75, 3.05) is 20.1 Å². The van der Waals surface area contributed by atoms with Crippen LogP contribution in [0.25, 0.3) is 0 Å². The zero-order chi connectivity index (χ0) is 22.8. The van der Waals surface area contributed by atoms with Crippen LogP contribution in [0.1, 0.15) is 40.9 Å². The summed E-state index contributed by atoms with van der Waals surface area (Å²) in [5.74, 6) is 0.794. The van der Waals surface area contributed by atoms with Crippen molar-refractivity contribution >= 4 is 35.8 Å². The lowest BCUT2D eigenvalue weighted by molar-refractivity contribution is 0.0773. The highest BCUT2D eigenvalue weighted by Crippen LogP contribution is 2.11. The molecule has 7 nitrogen and oxygen atoms in total. The molecule has 1 amide bonds. The lowest BCUT2D eigenvalue weighted by atomic mass is 10.1. The number of aromatic nitrogens is 2. The lowest BCUT2D eigenvalue weighted by Crippen LogP contribution is -2.36. The molecule has 3 aromatic rings. The molecule has 0 fully saturated rings. The van der Waals surface area contributed by atoms with Crippen molar-refractivity contribution in [1.82, 2.24) is 25.3 Å². The van der Waals surface area contributed by atoms with E-state index in [0.717, 1.165) is 18.1 Å². The van der Waals surface area contributed by atoms with Crippen LogP contribution in [0.4, 0.5) is 0 Å². The van der Waals surface area contributed by atoms with Crippen molar-refractivity contribution in [3.63, 3.8) is 0 Å². The van der Waals surface area contributed by atoms with E-state index >= 15 is 0 Å². The average molecular weight is 560 g/mol. The Hall–Kier alpha value is -2.88. The SMILES string of the molecule is CCN(CC)C(=O)c1ccc(CNC(=NC)NCc2ccccc2Cn2cccn2)cc1.I. The largest absolute Gasteiger partial charge is 0.352 e. The number of hydrogen-bond donors (Lipinski definition) is 2. The minimum Gasteiger partial charge on any atom is -0.352 e. The summed E-state index contributed by atoms with van der Waals surface area (Å²) >= 11 is 0. The van der Waals surface area contributed by atoms with E-state index in [9.17, 15) is 4.79 Å². The second-order valence-electron chi connectivity index (χ2n) is 7.43. The maximum absolute atomic E-state index is 12.5. The first kappa shape index (κ1) is 26.4. The van der Waals surface area contributed by atoms with E-state index in [-0.39, 0.29) is 29.9 Å². The van der Waals surface area contributed by atoms with Gasteiger partial charge in [0.2, 0.25) is 0 Å². The van der Waals surface area contributed by atoms with E-state index in [1.165, 1.54) is 11.1 Å². The normalized spacial score (nSPS) is 10.9. The van der Waals surface area contributed by atoms with Gasteiger partial charge in [0, 0.05) is 51.2 Å². The Balaban J connectivity index is 0.00000385. The molecule has 1 aromatic heterocycles. The summed E-state index contributed by atoms with van der Waals surface area (Å²) in [6, 6.07) is 18.0. The van der Waals surface area contributed by atoms with E-state index in [2.05, 4.69) is 32.9 Å². The molecule has 0 aliphatic carbocycles. The Bertz CT molecular complexity index is 1010. The molecule has 0 aliphatic heterocycles. The van der Waals surface area contributed by atoms with Crippen LogP contribution in [-0.4, -0.2) is 46.7 Å². The van der Waals surface area contributed by atoms with Crippen LogP contribution in [-0.2, 0) is 19.6 Å². The zero-order valence-electron chi connectivity index (χ0n) is 19.5. The number of benzene rings is 2. The van der Waals surface area contributed by atoms with Gasteiger partial charge in [0.15, 0.2) is 5.96 Å². The molecular weight excluding hydrogens is 527 g/mol.